The van der Waals surface area contributed by atoms with Crippen LogP contribution in [0.5, 0.6) is 0 Å². The number of aliphatic carboxylic acids is 1. The van der Waals surface area contributed by atoms with Gasteiger partial charge in [-0.05, 0) is 19.3 Å². The Kier molecular flexibility index (Phi) is 11.2. The monoisotopic (exact) mass is 472 g/mol. The van der Waals surface area contributed by atoms with Gasteiger partial charge in [0.25, 0.3) is 0 Å². The average molecular weight is 473 g/mol. The Morgan fingerprint density at radius 3 is 2.16 bits per heavy atom. The summed E-state index contributed by atoms with van der Waals surface area (Å²) in [5.41, 5.74) is 6.18. The van der Waals surface area contributed by atoms with E-state index in [1.165, 1.54) is 19.4 Å². The number of nitrogens with two attached hydrogens (primary N) is 1. The fourth-order valence-electron chi connectivity index (χ4n) is 2.80. The number of aliphatic hydroxyl groups is 1. The van der Waals surface area contributed by atoms with Gasteiger partial charge in [0.1, 0.15) is 12.1 Å². The predicted molar refractivity (Wildman–Crippen MR) is 119 cm³/mol. The maximum atomic E-state index is 13.0. The minimum atomic E-state index is -1.57. The van der Waals surface area contributed by atoms with Gasteiger partial charge < -0.3 is 36.9 Å². The number of carboxylic acid groups (broad SMARTS) is 1. The van der Waals surface area contributed by atoms with Gasteiger partial charge in [0.2, 0.25) is 17.7 Å². The molecular formula is C19H32N6O6S. The molecule has 0 radical (unpaired) electrons. The molecule has 0 saturated carbocycles. The van der Waals surface area contributed by atoms with Crippen LogP contribution in [0.4, 0.5) is 0 Å². The molecule has 0 bridgehead atoms. The number of amides is 3. The molecule has 0 saturated heterocycles. The lowest BCUT2D eigenvalue weighted by Crippen LogP contribution is -2.59. The molecule has 32 heavy (non-hydrogen) atoms. The van der Waals surface area contributed by atoms with Gasteiger partial charge in [-0.15, -0.1) is 0 Å². The van der Waals surface area contributed by atoms with Crippen LogP contribution in [-0.2, 0) is 25.6 Å². The van der Waals surface area contributed by atoms with Crippen LogP contribution in [0, 0.1) is 5.92 Å². The first-order chi connectivity index (χ1) is 15.0. The number of carboxylic acids is 1. The van der Waals surface area contributed by atoms with Gasteiger partial charge in [0, 0.05) is 24.1 Å². The molecule has 0 aliphatic rings. The van der Waals surface area contributed by atoms with Crippen molar-refractivity contribution in [3.63, 3.8) is 0 Å². The van der Waals surface area contributed by atoms with E-state index < -0.39 is 54.0 Å². The van der Waals surface area contributed by atoms with Gasteiger partial charge in [-0.3, -0.25) is 14.4 Å². The van der Waals surface area contributed by atoms with Crippen molar-refractivity contribution in [2.45, 2.75) is 63.9 Å². The number of hydrogen-bond acceptors (Lipinski definition) is 8. The molecule has 13 heteroatoms. The molecule has 5 unspecified atom stereocenters. The molecule has 1 aromatic heterocycles. The Morgan fingerprint density at radius 2 is 1.69 bits per heavy atom. The third kappa shape index (κ3) is 8.85. The van der Waals surface area contributed by atoms with Crippen LogP contribution in [-0.4, -0.2) is 79.9 Å². The summed E-state index contributed by atoms with van der Waals surface area (Å²) in [6.45, 7) is 4.94. The second-order valence-corrected chi connectivity index (χ2v) is 8.25. The van der Waals surface area contributed by atoms with Crippen molar-refractivity contribution in [3.8, 4) is 0 Å². The van der Waals surface area contributed by atoms with E-state index in [-0.39, 0.29) is 24.5 Å². The largest absolute Gasteiger partial charge is 0.480 e. The second-order valence-electron chi connectivity index (χ2n) is 7.89. The number of thiol groups is 1. The first kappa shape index (κ1) is 27.4. The van der Waals surface area contributed by atoms with Crippen molar-refractivity contribution in [2.75, 3.05) is 5.75 Å². The maximum absolute atomic E-state index is 13.0. The fraction of sp³-hybridized carbons (Fsp3) is 0.632. The first-order valence-corrected chi connectivity index (χ1v) is 10.7. The summed E-state index contributed by atoms with van der Waals surface area (Å²) in [4.78, 5) is 56.0. The summed E-state index contributed by atoms with van der Waals surface area (Å²) in [5.74, 6) is -3.32. The predicted octanol–water partition coefficient (Wildman–Crippen LogP) is -1.82. The van der Waals surface area contributed by atoms with Crippen molar-refractivity contribution >= 4 is 36.3 Å². The molecule has 0 aliphatic heterocycles. The first-order valence-electron chi connectivity index (χ1n) is 10.1. The van der Waals surface area contributed by atoms with Crippen LogP contribution >= 0.6 is 12.6 Å². The van der Waals surface area contributed by atoms with Crippen LogP contribution < -0.4 is 21.7 Å². The van der Waals surface area contributed by atoms with Crippen LogP contribution in [0.25, 0.3) is 0 Å². The van der Waals surface area contributed by atoms with Crippen molar-refractivity contribution in [2.24, 2.45) is 11.7 Å². The van der Waals surface area contributed by atoms with Crippen molar-refractivity contribution in [1.82, 2.24) is 25.9 Å². The van der Waals surface area contributed by atoms with E-state index >= 15 is 0 Å². The van der Waals surface area contributed by atoms with E-state index in [4.69, 9.17) is 5.73 Å². The van der Waals surface area contributed by atoms with Crippen LogP contribution in [0.1, 0.15) is 32.9 Å². The molecule has 180 valence electrons. The number of hydrogen-bond donors (Lipinski definition) is 8. The zero-order chi connectivity index (χ0) is 24.4. The number of carbonyl (C=O) groups is 4. The van der Waals surface area contributed by atoms with E-state index in [0.29, 0.717) is 5.69 Å². The smallest absolute Gasteiger partial charge is 0.328 e. The quantitative estimate of drug-likeness (QED) is 0.153. The van der Waals surface area contributed by atoms with Gasteiger partial charge in [0.05, 0.1) is 18.5 Å². The SMILES string of the molecule is CC(C)CC(NC(=O)C(N)CS)C(=O)NC(Cc1cnc[nH]1)C(=O)NC(C(=O)O)C(C)O. The summed E-state index contributed by atoms with van der Waals surface area (Å²) in [6.07, 6.45) is 1.73. The average Bonchev–Trinajstić information content (AvgIpc) is 3.22. The second kappa shape index (κ2) is 13.0. The van der Waals surface area contributed by atoms with Crippen molar-refractivity contribution < 1.29 is 29.4 Å². The van der Waals surface area contributed by atoms with Gasteiger partial charge in [0.15, 0.2) is 6.04 Å². The molecule has 1 rings (SSSR count). The van der Waals surface area contributed by atoms with Crippen LogP contribution in [0.3, 0.4) is 0 Å². The lowest BCUT2D eigenvalue weighted by molar-refractivity contribution is -0.145. The lowest BCUT2D eigenvalue weighted by Gasteiger charge is -2.26. The number of carbonyl (C=O) groups excluding carboxylic acids is 3. The number of nitrogens with zero attached hydrogens (tertiary/aromatic N) is 1. The van der Waals surface area contributed by atoms with Gasteiger partial charge in [-0.25, -0.2) is 9.78 Å². The third-order valence-corrected chi connectivity index (χ3v) is 4.93. The van der Waals surface area contributed by atoms with Crippen molar-refractivity contribution in [3.05, 3.63) is 18.2 Å². The van der Waals surface area contributed by atoms with Crippen molar-refractivity contribution in [1.29, 1.82) is 0 Å². The Labute approximate surface area is 191 Å². The highest BCUT2D eigenvalue weighted by Crippen LogP contribution is 2.08. The molecule has 12 nitrogen and oxygen atoms in total. The van der Waals surface area contributed by atoms with E-state index in [0.717, 1.165) is 0 Å². The number of H-pyrrole nitrogens is 1. The van der Waals surface area contributed by atoms with E-state index in [2.05, 4.69) is 38.5 Å². The molecule has 0 spiro atoms. The zero-order valence-electron chi connectivity index (χ0n) is 18.2. The summed E-state index contributed by atoms with van der Waals surface area (Å²) < 4.78 is 0. The van der Waals surface area contributed by atoms with Gasteiger partial charge in [-0.2, -0.15) is 12.6 Å². The van der Waals surface area contributed by atoms with Gasteiger partial charge in [-0.1, -0.05) is 13.8 Å². The molecule has 1 aromatic rings. The third-order valence-electron chi connectivity index (χ3n) is 4.53. The Balaban J connectivity index is 3.06. The van der Waals surface area contributed by atoms with Crippen LogP contribution in [0.15, 0.2) is 12.5 Å². The Hall–Kier alpha value is -2.64. The molecule has 3 amide bonds. The fourth-order valence-corrected chi connectivity index (χ4v) is 2.97. The molecule has 8 N–H and O–H groups in total. The molecular weight excluding hydrogens is 440 g/mol. The standard InChI is InChI=1S/C19H32N6O6S/c1-9(2)4-13(23-16(27)12(20)7-32)17(28)24-14(5-11-6-21-8-22-11)18(29)25-15(10(3)26)19(30)31/h6,8-10,12-15,26,32H,4-5,7,20H2,1-3H3,(H,21,22)(H,23,27)(H,24,28)(H,25,29)(H,30,31). The Bertz CT molecular complexity index is 772. The summed E-state index contributed by atoms with van der Waals surface area (Å²) in [5, 5.41) is 26.2. The normalized spacial score (nSPS) is 15.8. The molecule has 0 fully saturated rings. The Morgan fingerprint density at radius 1 is 1.09 bits per heavy atom. The minimum absolute atomic E-state index is 0.0256. The highest BCUT2D eigenvalue weighted by molar-refractivity contribution is 7.80. The summed E-state index contributed by atoms with van der Waals surface area (Å²) in [6, 6.07) is -4.65. The lowest BCUT2D eigenvalue weighted by atomic mass is 10.0. The van der Waals surface area contributed by atoms with Crippen LogP contribution in [0.2, 0.25) is 0 Å². The van der Waals surface area contributed by atoms with E-state index in [1.807, 2.05) is 13.8 Å². The topological polar surface area (TPSA) is 200 Å². The summed E-state index contributed by atoms with van der Waals surface area (Å²) >= 11 is 3.98. The van der Waals surface area contributed by atoms with Gasteiger partial charge >= 0.3 is 5.97 Å². The number of aliphatic hydroxyl groups excluding tert-OH is 1. The number of imidazole rings is 1. The number of rotatable bonds is 13. The minimum Gasteiger partial charge on any atom is -0.480 e. The number of aromatic amines is 1. The number of nitrogens with one attached hydrogen (secondary N) is 4. The number of aromatic nitrogens is 2. The zero-order valence-corrected chi connectivity index (χ0v) is 19.1. The molecule has 1 heterocycles. The molecule has 0 aromatic carbocycles. The van der Waals surface area contributed by atoms with E-state index in [9.17, 15) is 29.4 Å². The van der Waals surface area contributed by atoms with E-state index in [1.54, 1.807) is 0 Å². The maximum Gasteiger partial charge on any atom is 0.328 e. The molecule has 0 aliphatic carbocycles. The highest BCUT2D eigenvalue weighted by Gasteiger charge is 2.32. The molecule has 5 atom stereocenters. The summed E-state index contributed by atoms with van der Waals surface area (Å²) in [7, 11) is 0. The highest BCUT2D eigenvalue weighted by atomic mass is 32.1.